The molecule has 9 nitrogen and oxygen atoms in total. The Kier molecular flexibility index (Phi) is 7.06. The number of carbonyl (C=O) groups excluding carboxylic acids is 2. The topological polar surface area (TPSA) is 129 Å². The summed E-state index contributed by atoms with van der Waals surface area (Å²) in [5, 5.41) is 18.5. The molecule has 3 heterocycles. The molecule has 1 fully saturated rings. The van der Waals surface area contributed by atoms with Crippen molar-refractivity contribution < 1.29 is 24.5 Å². The predicted molar refractivity (Wildman–Crippen MR) is 124 cm³/mol. The van der Waals surface area contributed by atoms with Gasteiger partial charge in [-0.25, -0.2) is 14.8 Å². The molecule has 0 aromatic carbocycles. The number of hydrogen-bond donors (Lipinski definition) is 3. The minimum Gasteiger partial charge on any atom is -0.399 e. The maximum Gasteiger partial charge on any atom is 0.416 e. The van der Waals surface area contributed by atoms with E-state index in [0.29, 0.717) is 27.5 Å². The van der Waals surface area contributed by atoms with Gasteiger partial charge in [0.25, 0.3) is 0 Å². The van der Waals surface area contributed by atoms with Crippen LogP contribution in [0.25, 0.3) is 21.7 Å². The molecular formula is C23H28N4O5S. The van der Waals surface area contributed by atoms with E-state index in [-0.39, 0.29) is 37.5 Å². The predicted octanol–water partition coefficient (Wildman–Crippen LogP) is 3.62. The van der Waals surface area contributed by atoms with E-state index in [1.54, 1.807) is 24.5 Å². The number of hydrogen-bond acceptors (Lipinski definition) is 8. The Labute approximate surface area is 195 Å². The average Bonchev–Trinajstić information content (AvgIpc) is 3.45. The Morgan fingerprint density at radius 3 is 2.61 bits per heavy atom. The van der Waals surface area contributed by atoms with Gasteiger partial charge in [-0.2, -0.15) is 0 Å². The molecule has 1 saturated carbocycles. The first-order valence-corrected chi connectivity index (χ1v) is 11.9. The lowest BCUT2D eigenvalue weighted by molar-refractivity contribution is 0.0751. The fraction of sp³-hybridized carbons (Fsp3) is 0.478. The first kappa shape index (κ1) is 23.3. The maximum absolute atomic E-state index is 13.4. The van der Waals surface area contributed by atoms with Crippen molar-refractivity contribution in [1.82, 2.24) is 19.9 Å². The quantitative estimate of drug-likeness (QED) is 0.427. The number of ketones is 1. The lowest BCUT2D eigenvalue weighted by Crippen LogP contribution is -2.37. The van der Waals surface area contributed by atoms with E-state index < -0.39 is 6.09 Å². The molecule has 3 aromatic rings. The highest BCUT2D eigenvalue weighted by Crippen LogP contribution is 2.40. The number of Topliss-reactive ketones (excluding diaryl/α,β-unsaturated/α-hetero) is 1. The number of nitrogens with zero attached hydrogens (tertiary/aromatic N) is 3. The third kappa shape index (κ3) is 4.92. The normalized spacial score (nSPS) is 15.5. The zero-order valence-electron chi connectivity index (χ0n) is 18.5. The van der Waals surface area contributed by atoms with Gasteiger partial charge < -0.3 is 24.8 Å². The van der Waals surface area contributed by atoms with Crippen molar-refractivity contribution in [2.45, 2.75) is 39.0 Å². The van der Waals surface area contributed by atoms with Crippen LogP contribution >= 0.6 is 11.3 Å². The summed E-state index contributed by atoms with van der Waals surface area (Å²) in [4.78, 5) is 39.9. The Morgan fingerprint density at radius 1 is 1.18 bits per heavy atom. The molecular weight excluding hydrogens is 444 g/mol. The van der Waals surface area contributed by atoms with Crippen LogP contribution in [-0.4, -0.2) is 68.2 Å². The van der Waals surface area contributed by atoms with Crippen molar-refractivity contribution >= 4 is 34.4 Å². The number of ether oxygens (including phenoxy) is 1. The van der Waals surface area contributed by atoms with Crippen LogP contribution < -0.4 is 4.74 Å². The van der Waals surface area contributed by atoms with Crippen molar-refractivity contribution in [3.05, 3.63) is 30.1 Å². The first-order valence-electron chi connectivity index (χ1n) is 11.1. The molecule has 3 N–H and O–H groups in total. The summed E-state index contributed by atoms with van der Waals surface area (Å²) in [7, 11) is 0. The number of aliphatic hydroxyl groups is 2. The third-order valence-electron chi connectivity index (χ3n) is 6.15. The summed E-state index contributed by atoms with van der Waals surface area (Å²) in [6.07, 6.45) is 7.74. The summed E-state index contributed by atoms with van der Waals surface area (Å²) in [5.74, 6) is 0.105. The first-order chi connectivity index (χ1) is 15.9. The molecule has 0 aliphatic heterocycles. The highest BCUT2D eigenvalue weighted by atomic mass is 32.1. The van der Waals surface area contributed by atoms with Crippen molar-refractivity contribution in [3.63, 3.8) is 0 Å². The van der Waals surface area contributed by atoms with Gasteiger partial charge in [0.2, 0.25) is 0 Å². The van der Waals surface area contributed by atoms with Gasteiger partial charge in [0.05, 0.1) is 35.5 Å². The number of rotatable bonds is 8. The fourth-order valence-electron chi connectivity index (χ4n) is 4.27. The van der Waals surface area contributed by atoms with Crippen LogP contribution in [0.15, 0.2) is 24.5 Å². The molecule has 33 heavy (non-hydrogen) atoms. The van der Waals surface area contributed by atoms with E-state index >= 15 is 0 Å². The highest BCUT2D eigenvalue weighted by Gasteiger charge is 2.36. The van der Waals surface area contributed by atoms with E-state index in [9.17, 15) is 9.59 Å². The number of nitrogens with one attached hydrogen (secondary N) is 1. The average molecular weight is 473 g/mol. The molecule has 0 spiro atoms. The zero-order chi connectivity index (χ0) is 23.4. The second-order valence-electron chi connectivity index (χ2n) is 8.53. The summed E-state index contributed by atoms with van der Waals surface area (Å²) < 4.78 is 5.39. The fourth-order valence-corrected chi connectivity index (χ4v) is 5.07. The van der Waals surface area contributed by atoms with Crippen LogP contribution in [0, 0.1) is 5.41 Å². The van der Waals surface area contributed by atoms with Crippen LogP contribution in [0.1, 0.15) is 49.4 Å². The van der Waals surface area contributed by atoms with E-state index in [0.717, 1.165) is 30.6 Å². The number of H-pyrrole nitrogens is 1. The van der Waals surface area contributed by atoms with Gasteiger partial charge >= 0.3 is 6.09 Å². The number of carbonyl (C=O) groups is 2. The van der Waals surface area contributed by atoms with E-state index in [1.807, 2.05) is 6.92 Å². The van der Waals surface area contributed by atoms with Crippen molar-refractivity contribution in [3.8, 4) is 15.6 Å². The van der Waals surface area contributed by atoms with Gasteiger partial charge in [-0.1, -0.05) is 37.5 Å². The smallest absolute Gasteiger partial charge is 0.399 e. The minimum atomic E-state index is -0.646. The number of aliphatic hydroxyl groups excluding tert-OH is 2. The second-order valence-corrected chi connectivity index (χ2v) is 9.57. The Morgan fingerprint density at radius 2 is 1.91 bits per heavy atom. The number of aromatic nitrogens is 3. The molecule has 0 atom stereocenters. The van der Waals surface area contributed by atoms with Crippen LogP contribution in [0.5, 0.6) is 5.06 Å². The van der Waals surface area contributed by atoms with Crippen LogP contribution in [0.2, 0.25) is 0 Å². The molecule has 0 bridgehead atoms. The van der Waals surface area contributed by atoms with Crippen LogP contribution in [0.3, 0.4) is 0 Å². The third-order valence-corrected chi connectivity index (χ3v) is 7.14. The molecule has 176 valence electrons. The Bertz CT molecular complexity index is 1130. The molecule has 1 aliphatic carbocycles. The number of aromatic amines is 1. The monoisotopic (exact) mass is 472 g/mol. The van der Waals surface area contributed by atoms with Gasteiger partial charge in [-0.05, 0) is 25.0 Å². The lowest BCUT2D eigenvalue weighted by Gasteiger charge is -2.31. The molecule has 4 rings (SSSR count). The highest BCUT2D eigenvalue weighted by molar-refractivity contribution is 7.17. The number of thiophene rings is 1. The van der Waals surface area contributed by atoms with Gasteiger partial charge in [-0.15, -0.1) is 0 Å². The Hall–Kier alpha value is -2.82. The molecule has 10 heteroatoms. The molecule has 1 aliphatic rings. The number of amides is 1. The second kappa shape index (κ2) is 9.98. The summed E-state index contributed by atoms with van der Waals surface area (Å²) in [6, 6.07) is 3.44. The summed E-state index contributed by atoms with van der Waals surface area (Å²) in [5.41, 5.74) is 1.89. The van der Waals surface area contributed by atoms with Gasteiger partial charge in [0.1, 0.15) is 5.52 Å². The SMILES string of the molecule is CC1(C(=O)c2c[nH]c3ncc(-c4ccc(OC(=O)N(CCO)CCO)s4)nc23)CCCCC1. The van der Waals surface area contributed by atoms with Crippen LogP contribution in [-0.2, 0) is 0 Å². The van der Waals surface area contributed by atoms with Gasteiger partial charge in [-0.3, -0.25) is 4.79 Å². The van der Waals surface area contributed by atoms with E-state index in [4.69, 9.17) is 19.9 Å². The van der Waals surface area contributed by atoms with Crippen molar-refractivity contribution in [2.24, 2.45) is 5.41 Å². The van der Waals surface area contributed by atoms with Crippen LogP contribution in [0.4, 0.5) is 4.79 Å². The molecule has 3 aromatic heterocycles. The van der Waals surface area contributed by atoms with E-state index in [1.165, 1.54) is 22.7 Å². The van der Waals surface area contributed by atoms with E-state index in [2.05, 4.69) is 9.97 Å². The lowest BCUT2D eigenvalue weighted by atomic mass is 9.71. The molecule has 0 saturated heterocycles. The largest absolute Gasteiger partial charge is 0.416 e. The molecule has 0 unspecified atom stereocenters. The molecule has 1 amide bonds. The summed E-state index contributed by atoms with van der Waals surface area (Å²) >= 11 is 1.23. The standard InChI is InChI=1S/C23H28N4O5S/c1-23(7-3-2-4-8-23)20(30)15-13-24-21-19(15)26-16(14-25-21)17-5-6-18(33-17)32-22(31)27(9-11-28)10-12-29/h5-6,13-14,28-29H,2-4,7-12H2,1H3,(H,24,25). The summed E-state index contributed by atoms with van der Waals surface area (Å²) in [6.45, 7) is 1.74. The zero-order valence-corrected chi connectivity index (χ0v) is 19.4. The number of fused-ring (bicyclic) bond motifs is 1. The van der Waals surface area contributed by atoms with Crippen molar-refractivity contribution in [2.75, 3.05) is 26.3 Å². The van der Waals surface area contributed by atoms with Gasteiger partial charge in [0.15, 0.2) is 16.5 Å². The Balaban J connectivity index is 1.56. The van der Waals surface area contributed by atoms with Gasteiger partial charge in [0, 0.05) is 24.7 Å². The minimum absolute atomic E-state index is 0.0724. The maximum atomic E-state index is 13.4. The molecule has 0 radical (unpaired) electrons. The van der Waals surface area contributed by atoms with Crippen molar-refractivity contribution in [1.29, 1.82) is 0 Å².